The molecule has 2 aromatic rings. The van der Waals surface area contributed by atoms with Crippen LogP contribution in [0.4, 0.5) is 10.5 Å². The van der Waals surface area contributed by atoms with Crippen molar-refractivity contribution in [3.8, 4) is 17.6 Å². The van der Waals surface area contributed by atoms with Gasteiger partial charge in [0.2, 0.25) is 0 Å². The van der Waals surface area contributed by atoms with Crippen molar-refractivity contribution in [3.05, 3.63) is 59.7 Å². The third kappa shape index (κ3) is 5.58. The lowest BCUT2D eigenvalue weighted by Gasteiger charge is -2.05. The SMILES string of the molecule is COc1cc(N)ccc1C#CCCNC(=O)OCc1ccccc1. The van der Waals surface area contributed by atoms with E-state index in [2.05, 4.69) is 17.2 Å². The summed E-state index contributed by atoms with van der Waals surface area (Å²) in [5, 5.41) is 2.66. The molecule has 0 saturated carbocycles. The molecule has 2 rings (SSSR count). The molecule has 0 aromatic heterocycles. The predicted molar refractivity (Wildman–Crippen MR) is 93.5 cm³/mol. The number of amides is 1. The zero-order valence-electron chi connectivity index (χ0n) is 13.5. The van der Waals surface area contributed by atoms with Gasteiger partial charge in [-0.25, -0.2) is 4.79 Å². The van der Waals surface area contributed by atoms with Gasteiger partial charge in [0, 0.05) is 24.7 Å². The van der Waals surface area contributed by atoms with Gasteiger partial charge in [0.25, 0.3) is 0 Å². The molecule has 3 N–H and O–H groups in total. The summed E-state index contributed by atoms with van der Waals surface area (Å²) in [6.07, 6.45) is 0.0549. The van der Waals surface area contributed by atoms with Crippen LogP contribution in [0.1, 0.15) is 17.5 Å². The van der Waals surface area contributed by atoms with E-state index in [-0.39, 0.29) is 6.61 Å². The van der Waals surface area contributed by atoms with Crippen molar-refractivity contribution in [2.75, 3.05) is 19.4 Å². The largest absolute Gasteiger partial charge is 0.495 e. The average molecular weight is 324 g/mol. The zero-order valence-corrected chi connectivity index (χ0v) is 13.5. The van der Waals surface area contributed by atoms with Crippen molar-refractivity contribution in [3.63, 3.8) is 0 Å². The van der Waals surface area contributed by atoms with E-state index in [1.54, 1.807) is 19.2 Å². The number of hydrogen-bond acceptors (Lipinski definition) is 4. The molecule has 124 valence electrons. The van der Waals surface area contributed by atoms with Gasteiger partial charge in [0.15, 0.2) is 0 Å². The van der Waals surface area contributed by atoms with Gasteiger partial charge in [-0.1, -0.05) is 42.2 Å². The Kier molecular flexibility index (Phi) is 6.54. The molecule has 0 fully saturated rings. The first-order valence-corrected chi connectivity index (χ1v) is 7.56. The molecule has 5 nitrogen and oxygen atoms in total. The van der Waals surface area contributed by atoms with E-state index in [1.165, 1.54) is 0 Å². The number of alkyl carbamates (subject to hydrolysis) is 1. The maximum absolute atomic E-state index is 11.6. The normalized spacial score (nSPS) is 9.54. The first kappa shape index (κ1) is 17.2. The first-order valence-electron chi connectivity index (χ1n) is 7.56. The lowest BCUT2D eigenvalue weighted by molar-refractivity contribution is 0.140. The highest BCUT2D eigenvalue weighted by Gasteiger charge is 2.01. The molecule has 1 amide bonds. The number of rotatable bonds is 5. The molecule has 0 aliphatic rings. The average Bonchev–Trinajstić information content (AvgIpc) is 2.61. The fraction of sp³-hybridized carbons (Fsp3) is 0.211. The van der Waals surface area contributed by atoms with Gasteiger partial charge in [-0.2, -0.15) is 0 Å². The lowest BCUT2D eigenvalue weighted by atomic mass is 10.2. The highest BCUT2D eigenvalue weighted by atomic mass is 16.5. The summed E-state index contributed by atoms with van der Waals surface area (Å²) in [7, 11) is 1.57. The van der Waals surface area contributed by atoms with E-state index in [9.17, 15) is 4.79 Å². The number of benzene rings is 2. The van der Waals surface area contributed by atoms with E-state index in [0.29, 0.717) is 24.4 Å². The summed E-state index contributed by atoms with van der Waals surface area (Å²) in [6, 6.07) is 14.8. The number of nitrogens with two attached hydrogens (primary N) is 1. The molecular weight excluding hydrogens is 304 g/mol. The Labute approximate surface area is 141 Å². The fourth-order valence-electron chi connectivity index (χ4n) is 1.97. The van der Waals surface area contributed by atoms with Gasteiger partial charge in [0.05, 0.1) is 12.7 Å². The Hall–Kier alpha value is -3.13. The van der Waals surface area contributed by atoms with E-state index in [4.69, 9.17) is 15.2 Å². The van der Waals surface area contributed by atoms with Crippen molar-refractivity contribution in [1.29, 1.82) is 0 Å². The molecule has 24 heavy (non-hydrogen) atoms. The minimum Gasteiger partial charge on any atom is -0.495 e. The van der Waals surface area contributed by atoms with Crippen molar-refractivity contribution in [2.24, 2.45) is 0 Å². The molecule has 0 bridgehead atoms. The number of nitrogens with one attached hydrogen (secondary N) is 1. The quantitative estimate of drug-likeness (QED) is 0.504. The highest BCUT2D eigenvalue weighted by molar-refractivity contribution is 5.67. The van der Waals surface area contributed by atoms with Gasteiger partial charge in [-0.05, 0) is 17.7 Å². The minimum absolute atomic E-state index is 0.251. The van der Waals surface area contributed by atoms with Gasteiger partial charge in [-0.3, -0.25) is 0 Å². The van der Waals surface area contributed by atoms with Gasteiger partial charge in [0.1, 0.15) is 12.4 Å². The van der Waals surface area contributed by atoms with E-state index < -0.39 is 6.09 Å². The molecular formula is C19H20N2O3. The smallest absolute Gasteiger partial charge is 0.407 e. The molecule has 5 heteroatoms. The van der Waals surface area contributed by atoms with Crippen molar-refractivity contribution in [1.82, 2.24) is 5.32 Å². The molecule has 0 spiro atoms. The molecule has 0 radical (unpaired) electrons. The van der Waals surface area contributed by atoms with Gasteiger partial charge in [-0.15, -0.1) is 0 Å². The first-order chi connectivity index (χ1) is 11.7. The summed E-state index contributed by atoms with van der Waals surface area (Å²) in [4.78, 5) is 11.6. The van der Waals surface area contributed by atoms with E-state index in [0.717, 1.165) is 11.1 Å². The molecule has 0 unspecified atom stereocenters. The van der Waals surface area contributed by atoms with E-state index >= 15 is 0 Å². The second-order valence-corrected chi connectivity index (χ2v) is 5.00. The van der Waals surface area contributed by atoms with Crippen LogP contribution in [0.15, 0.2) is 48.5 Å². The number of carbonyl (C=O) groups is 1. The fourth-order valence-corrected chi connectivity index (χ4v) is 1.97. The second-order valence-electron chi connectivity index (χ2n) is 5.00. The number of nitrogen functional groups attached to an aromatic ring is 1. The maximum atomic E-state index is 11.6. The number of methoxy groups -OCH3 is 1. The zero-order chi connectivity index (χ0) is 17.2. The summed E-state index contributed by atoms with van der Waals surface area (Å²) < 4.78 is 10.3. The molecule has 0 aliphatic heterocycles. The number of carbonyl (C=O) groups excluding carboxylic acids is 1. The number of hydrogen-bond donors (Lipinski definition) is 2. The lowest BCUT2D eigenvalue weighted by Crippen LogP contribution is -2.24. The predicted octanol–water partition coefficient (Wildman–Crippen LogP) is 2.95. The third-order valence-corrected chi connectivity index (χ3v) is 3.18. The van der Waals surface area contributed by atoms with Crippen LogP contribution in [0.25, 0.3) is 0 Å². The molecule has 0 saturated heterocycles. The standard InChI is InChI=1S/C19H20N2O3/c1-23-18-13-17(20)11-10-16(18)9-5-6-12-21-19(22)24-14-15-7-3-2-4-8-15/h2-4,7-8,10-11,13H,6,12,14,20H2,1H3,(H,21,22). The van der Waals surface area contributed by atoms with Gasteiger partial charge >= 0.3 is 6.09 Å². The molecule has 0 atom stereocenters. The van der Waals surface area contributed by atoms with Crippen LogP contribution in [0.2, 0.25) is 0 Å². The third-order valence-electron chi connectivity index (χ3n) is 3.18. The van der Waals surface area contributed by atoms with Crippen LogP contribution in [-0.4, -0.2) is 19.7 Å². The second kappa shape index (κ2) is 9.11. The Bertz CT molecular complexity index is 733. The Balaban J connectivity index is 1.72. The minimum atomic E-state index is -0.453. The Morgan fingerprint density at radius 2 is 2.00 bits per heavy atom. The van der Waals surface area contributed by atoms with Crippen LogP contribution in [0.5, 0.6) is 5.75 Å². The van der Waals surface area contributed by atoms with Crippen LogP contribution < -0.4 is 15.8 Å². The van der Waals surface area contributed by atoms with Crippen molar-refractivity contribution in [2.45, 2.75) is 13.0 Å². The van der Waals surface area contributed by atoms with Crippen LogP contribution in [0, 0.1) is 11.8 Å². The van der Waals surface area contributed by atoms with Crippen molar-refractivity contribution >= 4 is 11.8 Å². The highest BCUT2D eigenvalue weighted by Crippen LogP contribution is 2.20. The molecule has 2 aromatic carbocycles. The van der Waals surface area contributed by atoms with Crippen LogP contribution in [-0.2, 0) is 11.3 Å². The number of anilines is 1. The van der Waals surface area contributed by atoms with Crippen LogP contribution >= 0.6 is 0 Å². The van der Waals surface area contributed by atoms with E-state index in [1.807, 2.05) is 36.4 Å². The Morgan fingerprint density at radius 1 is 1.21 bits per heavy atom. The summed E-state index contributed by atoms with van der Waals surface area (Å²) in [5.74, 6) is 6.62. The van der Waals surface area contributed by atoms with Crippen LogP contribution in [0.3, 0.4) is 0 Å². The molecule has 0 heterocycles. The van der Waals surface area contributed by atoms with Crippen molar-refractivity contribution < 1.29 is 14.3 Å². The summed E-state index contributed by atoms with van der Waals surface area (Å²) in [6.45, 7) is 0.666. The summed E-state index contributed by atoms with van der Waals surface area (Å²) in [5.41, 5.74) is 8.03. The Morgan fingerprint density at radius 3 is 2.75 bits per heavy atom. The monoisotopic (exact) mass is 324 g/mol. The topological polar surface area (TPSA) is 73.6 Å². The van der Waals surface area contributed by atoms with Gasteiger partial charge < -0.3 is 20.5 Å². The maximum Gasteiger partial charge on any atom is 0.407 e. The molecule has 0 aliphatic carbocycles. The summed E-state index contributed by atoms with van der Waals surface area (Å²) >= 11 is 0. The number of ether oxygens (including phenoxy) is 2.